The van der Waals surface area contributed by atoms with E-state index in [4.69, 9.17) is 4.74 Å². The van der Waals surface area contributed by atoms with Crippen molar-refractivity contribution in [3.05, 3.63) is 0 Å². The van der Waals surface area contributed by atoms with Gasteiger partial charge in [-0.2, -0.15) is 0 Å². The second kappa shape index (κ2) is 8.87. The number of esters is 1. The third-order valence-electron chi connectivity index (χ3n) is 13.4. The SMILES string of the molecule is CC(=O)O[C@@H]1C[C@@]2(C)[C@@H]3CC[C@@H]4C5(CC[C@H](NC(=O)C(C)C)[C@@]4(C)C=O)C[C@@]35C(=O)C[C@]2(C)[C@H]1[C@H](C)N(C)C. The molecule has 7 nitrogen and oxygen atoms in total. The lowest BCUT2D eigenvalue weighted by molar-refractivity contribution is -0.172. The maximum absolute atomic E-state index is 14.6. The number of Topliss-reactive ketones (excluding diaryl/α,β-unsaturated/α-hetero) is 1. The van der Waals surface area contributed by atoms with Crippen molar-refractivity contribution >= 4 is 23.9 Å². The van der Waals surface area contributed by atoms with Gasteiger partial charge < -0.3 is 19.7 Å². The molecule has 11 atom stereocenters. The highest BCUT2D eigenvalue weighted by Gasteiger charge is 2.86. The molecule has 2 spiro atoms. The molecule has 0 aromatic carbocycles. The summed E-state index contributed by atoms with van der Waals surface area (Å²) in [6.07, 6.45) is 6.42. The van der Waals surface area contributed by atoms with Gasteiger partial charge in [0.15, 0.2) is 0 Å². The van der Waals surface area contributed by atoms with E-state index in [-0.39, 0.29) is 70.0 Å². The van der Waals surface area contributed by atoms with Gasteiger partial charge in [-0.25, -0.2) is 0 Å². The number of ketones is 1. The fraction of sp³-hybridized carbons (Fsp3) is 0.875. The van der Waals surface area contributed by atoms with E-state index in [0.29, 0.717) is 12.2 Å². The minimum Gasteiger partial charge on any atom is -0.462 e. The van der Waals surface area contributed by atoms with Gasteiger partial charge in [0.2, 0.25) is 5.91 Å². The summed E-state index contributed by atoms with van der Waals surface area (Å²) in [6, 6.07) is -0.0368. The molecule has 5 saturated carbocycles. The van der Waals surface area contributed by atoms with Crippen LogP contribution in [0.15, 0.2) is 0 Å². The van der Waals surface area contributed by atoms with Crippen LogP contribution in [0.5, 0.6) is 0 Å². The first-order chi connectivity index (χ1) is 18.1. The molecule has 5 fully saturated rings. The largest absolute Gasteiger partial charge is 0.462 e. The molecule has 7 heteroatoms. The topological polar surface area (TPSA) is 92.8 Å². The number of nitrogens with one attached hydrogen (secondary N) is 1. The van der Waals surface area contributed by atoms with Crippen LogP contribution in [0.4, 0.5) is 0 Å². The Morgan fingerprint density at radius 1 is 1.05 bits per heavy atom. The Morgan fingerprint density at radius 3 is 2.26 bits per heavy atom. The molecule has 0 radical (unpaired) electrons. The van der Waals surface area contributed by atoms with Crippen LogP contribution in [0.3, 0.4) is 0 Å². The summed E-state index contributed by atoms with van der Waals surface area (Å²) in [4.78, 5) is 54.5. The molecule has 0 aliphatic heterocycles. The van der Waals surface area contributed by atoms with Crippen molar-refractivity contribution in [1.29, 1.82) is 0 Å². The van der Waals surface area contributed by atoms with Crippen molar-refractivity contribution in [1.82, 2.24) is 10.2 Å². The van der Waals surface area contributed by atoms with Gasteiger partial charge >= 0.3 is 5.97 Å². The summed E-state index contributed by atoms with van der Waals surface area (Å²) < 4.78 is 6.04. The molecule has 1 N–H and O–H groups in total. The number of ether oxygens (including phenoxy) is 1. The zero-order valence-corrected chi connectivity index (χ0v) is 25.6. The predicted molar refractivity (Wildman–Crippen MR) is 149 cm³/mol. The van der Waals surface area contributed by atoms with E-state index in [1.807, 2.05) is 20.8 Å². The molecule has 1 amide bonds. The third-order valence-corrected chi connectivity index (χ3v) is 13.4. The molecule has 0 saturated heterocycles. The van der Waals surface area contributed by atoms with Crippen LogP contribution in [0.1, 0.15) is 93.4 Å². The molecule has 0 bridgehead atoms. The quantitative estimate of drug-likeness (QED) is 0.395. The van der Waals surface area contributed by atoms with Gasteiger partial charge in [-0.3, -0.25) is 14.4 Å². The van der Waals surface area contributed by atoms with Crippen molar-refractivity contribution in [2.75, 3.05) is 14.1 Å². The molecule has 0 heterocycles. The molecule has 39 heavy (non-hydrogen) atoms. The minimum absolute atomic E-state index is 0.0104. The molecular weight excluding hydrogens is 492 g/mol. The highest BCUT2D eigenvalue weighted by atomic mass is 16.5. The van der Waals surface area contributed by atoms with E-state index in [2.05, 4.69) is 45.1 Å². The molecule has 5 aliphatic rings. The predicted octanol–water partition coefficient (Wildman–Crippen LogP) is 4.42. The Kier molecular flexibility index (Phi) is 6.54. The van der Waals surface area contributed by atoms with Crippen LogP contribution in [-0.4, -0.2) is 61.1 Å². The second-order valence-corrected chi connectivity index (χ2v) is 15.2. The second-order valence-electron chi connectivity index (χ2n) is 15.2. The van der Waals surface area contributed by atoms with Crippen molar-refractivity contribution in [3.8, 4) is 0 Å². The Hall–Kier alpha value is -1.76. The fourth-order valence-corrected chi connectivity index (χ4v) is 11.1. The molecular formula is C32H50N2O5. The van der Waals surface area contributed by atoms with Crippen molar-refractivity contribution in [3.63, 3.8) is 0 Å². The molecule has 0 aromatic rings. The first kappa shape index (κ1) is 28.8. The number of hydrogen-bond donors (Lipinski definition) is 1. The highest BCUT2D eigenvalue weighted by Crippen LogP contribution is 2.87. The number of nitrogens with zero attached hydrogens (tertiary/aromatic N) is 1. The number of rotatable bonds is 6. The van der Waals surface area contributed by atoms with E-state index >= 15 is 0 Å². The number of aldehydes is 1. The summed E-state index contributed by atoms with van der Waals surface area (Å²) in [5.74, 6) is 0.336. The van der Waals surface area contributed by atoms with Gasteiger partial charge in [-0.05, 0) is 87.6 Å². The maximum atomic E-state index is 14.6. The molecule has 0 aromatic heterocycles. The van der Waals surface area contributed by atoms with E-state index in [1.54, 1.807) is 0 Å². The lowest BCUT2D eigenvalue weighted by Gasteiger charge is -2.62. The standard InChI is InChI=1S/C32H50N2O5/c1-18(2)27(38)33-24-12-13-31-16-32(31)23(11-10-22(31)28(24,5)17-35)29(6)14-21(39-20(4)36)26(19(3)34(8)9)30(29,7)15-25(32)37/h17-19,21-24,26H,10-16H2,1-9H3,(H,33,38)/t19-,21+,22-,23-,24-,26-,28-,29-,30+,31?,32-/m0/s1. The number of carbonyl (C=O) groups excluding carboxylic acids is 4. The van der Waals surface area contributed by atoms with Crippen LogP contribution in [0, 0.1) is 50.7 Å². The number of hydrogen-bond acceptors (Lipinski definition) is 6. The highest BCUT2D eigenvalue weighted by molar-refractivity contribution is 5.92. The van der Waals surface area contributed by atoms with Gasteiger partial charge in [0, 0.05) is 48.1 Å². The van der Waals surface area contributed by atoms with Gasteiger partial charge in [0.05, 0.1) is 0 Å². The van der Waals surface area contributed by atoms with Crippen molar-refractivity contribution in [2.45, 2.75) is 112 Å². The van der Waals surface area contributed by atoms with Gasteiger partial charge in [-0.1, -0.05) is 34.6 Å². The van der Waals surface area contributed by atoms with Crippen molar-refractivity contribution in [2.24, 2.45) is 50.7 Å². The number of fused-ring (bicyclic) bond motifs is 2. The minimum atomic E-state index is -0.683. The maximum Gasteiger partial charge on any atom is 0.302 e. The normalized spacial score (nSPS) is 48.9. The number of carbonyl (C=O) groups is 4. The monoisotopic (exact) mass is 542 g/mol. The van der Waals surface area contributed by atoms with Crippen LogP contribution in [0.2, 0.25) is 0 Å². The zero-order valence-electron chi connectivity index (χ0n) is 25.6. The summed E-state index contributed by atoms with van der Waals surface area (Å²) in [5, 5.41) is 3.20. The third kappa shape index (κ3) is 3.50. The average molecular weight is 543 g/mol. The first-order valence-corrected chi connectivity index (χ1v) is 15.2. The average Bonchev–Trinajstić information content (AvgIpc) is 3.48. The summed E-state index contributed by atoms with van der Waals surface area (Å²) in [7, 11) is 4.14. The van der Waals surface area contributed by atoms with Crippen molar-refractivity contribution < 1.29 is 23.9 Å². The van der Waals surface area contributed by atoms with E-state index in [9.17, 15) is 19.2 Å². The van der Waals surface area contributed by atoms with Crippen LogP contribution in [-0.2, 0) is 23.9 Å². The lowest BCUT2D eigenvalue weighted by Crippen LogP contribution is -2.63. The molecule has 218 valence electrons. The molecule has 5 rings (SSSR count). The van der Waals surface area contributed by atoms with Crippen LogP contribution < -0.4 is 5.32 Å². The Labute approximate surface area is 234 Å². The summed E-state index contributed by atoms with van der Waals surface area (Å²) in [6.45, 7) is 14.2. The van der Waals surface area contributed by atoms with Gasteiger partial charge in [0.1, 0.15) is 18.2 Å². The van der Waals surface area contributed by atoms with E-state index in [0.717, 1.165) is 44.8 Å². The lowest BCUT2D eigenvalue weighted by atomic mass is 9.41. The zero-order chi connectivity index (χ0) is 28.9. The van der Waals surface area contributed by atoms with Crippen LogP contribution in [0.25, 0.3) is 0 Å². The Balaban J connectivity index is 1.53. The van der Waals surface area contributed by atoms with Crippen LogP contribution >= 0.6 is 0 Å². The summed E-state index contributed by atoms with van der Waals surface area (Å²) in [5.41, 5.74) is -1.69. The fourth-order valence-electron chi connectivity index (χ4n) is 11.1. The van der Waals surface area contributed by atoms with E-state index < -0.39 is 10.8 Å². The summed E-state index contributed by atoms with van der Waals surface area (Å²) >= 11 is 0. The number of amides is 1. The molecule has 5 aliphatic carbocycles. The Bertz CT molecular complexity index is 1090. The molecule has 1 unspecified atom stereocenters. The first-order valence-electron chi connectivity index (χ1n) is 15.2. The van der Waals surface area contributed by atoms with Gasteiger partial charge in [-0.15, -0.1) is 0 Å². The van der Waals surface area contributed by atoms with Gasteiger partial charge in [0.25, 0.3) is 0 Å². The van der Waals surface area contributed by atoms with E-state index in [1.165, 1.54) is 6.92 Å². The smallest absolute Gasteiger partial charge is 0.302 e. The Morgan fingerprint density at radius 2 is 1.69 bits per heavy atom.